The molecule has 0 saturated carbocycles. The van der Waals surface area contributed by atoms with Gasteiger partial charge in [0.1, 0.15) is 6.54 Å². The quantitative estimate of drug-likeness (QED) is 0.696. The van der Waals surface area contributed by atoms with Crippen LogP contribution >= 0.6 is 0 Å². The minimum Gasteiger partial charge on any atom is -0.465 e. The zero-order valence-electron chi connectivity index (χ0n) is 10.0. The van der Waals surface area contributed by atoms with Gasteiger partial charge in [-0.05, 0) is 13.3 Å². The summed E-state index contributed by atoms with van der Waals surface area (Å²) in [5, 5.41) is 3.46. The maximum absolute atomic E-state index is 11.9. The van der Waals surface area contributed by atoms with Crippen LogP contribution in [-0.4, -0.2) is 41.6 Å². The highest BCUT2D eigenvalue weighted by Crippen LogP contribution is 2.04. The molecule has 6 nitrogen and oxygen atoms in total. The van der Waals surface area contributed by atoms with E-state index in [-0.39, 0.29) is 18.2 Å². The molecule has 0 aliphatic rings. The standard InChI is InChI=1S/C11H16N2O4/c1-3-7-13(8-10(14)16-4-2)11(15)9-5-6-12-17-9/h5-6H,3-4,7-8H2,1-2H3. The largest absolute Gasteiger partial charge is 0.465 e. The van der Waals surface area contributed by atoms with E-state index in [0.717, 1.165) is 6.42 Å². The lowest BCUT2D eigenvalue weighted by Gasteiger charge is -2.19. The Morgan fingerprint density at radius 1 is 1.47 bits per heavy atom. The Kier molecular flexibility index (Phi) is 5.19. The average molecular weight is 240 g/mol. The second-order valence-corrected chi connectivity index (χ2v) is 3.41. The molecule has 0 spiro atoms. The molecule has 0 bridgehead atoms. The minimum atomic E-state index is -0.422. The number of rotatable bonds is 6. The van der Waals surface area contributed by atoms with Gasteiger partial charge in [-0.15, -0.1) is 0 Å². The molecule has 0 unspecified atom stereocenters. The molecule has 1 amide bonds. The van der Waals surface area contributed by atoms with Crippen LogP contribution < -0.4 is 0 Å². The van der Waals surface area contributed by atoms with Crippen molar-refractivity contribution in [2.45, 2.75) is 20.3 Å². The van der Waals surface area contributed by atoms with E-state index in [9.17, 15) is 9.59 Å². The first kappa shape index (κ1) is 13.2. The van der Waals surface area contributed by atoms with Crippen LogP contribution in [0.25, 0.3) is 0 Å². The minimum absolute atomic E-state index is 0.0682. The van der Waals surface area contributed by atoms with Crippen molar-refractivity contribution in [2.24, 2.45) is 0 Å². The van der Waals surface area contributed by atoms with Gasteiger partial charge < -0.3 is 14.2 Å². The van der Waals surface area contributed by atoms with Crippen LogP contribution in [0.3, 0.4) is 0 Å². The van der Waals surface area contributed by atoms with Crippen LogP contribution in [0.4, 0.5) is 0 Å². The summed E-state index contributed by atoms with van der Waals surface area (Å²) < 4.78 is 9.58. The third kappa shape index (κ3) is 3.90. The molecule has 6 heteroatoms. The van der Waals surface area contributed by atoms with Crippen LogP contribution in [0.15, 0.2) is 16.8 Å². The van der Waals surface area contributed by atoms with Gasteiger partial charge in [-0.3, -0.25) is 9.59 Å². The lowest BCUT2D eigenvalue weighted by molar-refractivity contribution is -0.143. The van der Waals surface area contributed by atoms with Crippen LogP contribution in [0.2, 0.25) is 0 Å². The molecule has 0 N–H and O–H groups in total. The molecule has 1 aromatic heterocycles. The van der Waals surface area contributed by atoms with Gasteiger partial charge in [0.2, 0.25) is 5.76 Å². The number of amides is 1. The van der Waals surface area contributed by atoms with E-state index in [2.05, 4.69) is 5.16 Å². The number of ether oxygens (including phenoxy) is 1. The monoisotopic (exact) mass is 240 g/mol. The molecule has 0 radical (unpaired) electrons. The fourth-order valence-electron chi connectivity index (χ4n) is 1.37. The topological polar surface area (TPSA) is 72.6 Å². The van der Waals surface area contributed by atoms with Gasteiger partial charge in [0, 0.05) is 12.6 Å². The van der Waals surface area contributed by atoms with Crippen molar-refractivity contribution in [1.82, 2.24) is 10.1 Å². The van der Waals surface area contributed by atoms with Crippen LogP contribution in [0, 0.1) is 0 Å². The molecule has 17 heavy (non-hydrogen) atoms. The maximum Gasteiger partial charge on any atom is 0.325 e. The van der Waals surface area contributed by atoms with E-state index in [1.807, 2.05) is 6.92 Å². The summed E-state index contributed by atoms with van der Waals surface area (Å²) in [7, 11) is 0. The summed E-state index contributed by atoms with van der Waals surface area (Å²) in [5.41, 5.74) is 0. The molecular weight excluding hydrogens is 224 g/mol. The zero-order chi connectivity index (χ0) is 12.7. The average Bonchev–Trinajstić information content (AvgIpc) is 2.81. The Morgan fingerprint density at radius 3 is 2.76 bits per heavy atom. The first-order valence-electron chi connectivity index (χ1n) is 5.54. The maximum atomic E-state index is 11.9. The number of hydrogen-bond acceptors (Lipinski definition) is 5. The predicted molar refractivity (Wildman–Crippen MR) is 59.3 cm³/mol. The van der Waals surface area contributed by atoms with Gasteiger partial charge >= 0.3 is 5.97 Å². The van der Waals surface area contributed by atoms with Crippen molar-refractivity contribution >= 4 is 11.9 Å². The van der Waals surface area contributed by atoms with E-state index in [4.69, 9.17) is 9.26 Å². The normalized spacial score (nSPS) is 10.0. The Morgan fingerprint density at radius 2 is 2.24 bits per heavy atom. The zero-order valence-corrected chi connectivity index (χ0v) is 10.0. The van der Waals surface area contributed by atoms with Gasteiger partial charge in [-0.25, -0.2) is 0 Å². The number of hydrogen-bond donors (Lipinski definition) is 0. The number of carbonyl (C=O) groups is 2. The first-order chi connectivity index (χ1) is 8.19. The van der Waals surface area contributed by atoms with Gasteiger partial charge in [0.15, 0.2) is 0 Å². The Labute approximate surface area is 99.5 Å². The summed E-state index contributed by atoms with van der Waals surface area (Å²) in [4.78, 5) is 24.6. The van der Waals surface area contributed by atoms with Gasteiger partial charge in [-0.1, -0.05) is 12.1 Å². The van der Waals surface area contributed by atoms with Crippen molar-refractivity contribution in [2.75, 3.05) is 19.7 Å². The molecular formula is C11H16N2O4. The summed E-state index contributed by atoms with van der Waals surface area (Å²) in [6.07, 6.45) is 2.14. The molecule has 1 rings (SSSR count). The Balaban J connectivity index is 2.65. The molecule has 0 fully saturated rings. The second kappa shape index (κ2) is 6.67. The first-order valence-corrected chi connectivity index (χ1v) is 5.54. The van der Waals surface area contributed by atoms with Gasteiger partial charge in [0.25, 0.3) is 5.91 Å². The summed E-state index contributed by atoms with van der Waals surface area (Å²) in [5.74, 6) is -0.644. The molecule has 0 saturated heterocycles. The summed E-state index contributed by atoms with van der Waals surface area (Å²) >= 11 is 0. The SMILES string of the molecule is CCCN(CC(=O)OCC)C(=O)c1ccno1. The fraction of sp³-hybridized carbons (Fsp3) is 0.545. The number of aromatic nitrogens is 1. The fourth-order valence-corrected chi connectivity index (χ4v) is 1.37. The number of nitrogens with zero attached hydrogens (tertiary/aromatic N) is 2. The molecule has 0 atom stereocenters. The Hall–Kier alpha value is -1.85. The summed E-state index contributed by atoms with van der Waals surface area (Å²) in [6.45, 7) is 4.35. The van der Waals surface area contributed by atoms with Crippen LogP contribution in [-0.2, 0) is 9.53 Å². The van der Waals surface area contributed by atoms with E-state index >= 15 is 0 Å². The van der Waals surface area contributed by atoms with Crippen molar-refractivity contribution in [3.63, 3.8) is 0 Å². The third-order valence-corrected chi connectivity index (χ3v) is 2.05. The third-order valence-electron chi connectivity index (χ3n) is 2.05. The highest BCUT2D eigenvalue weighted by molar-refractivity contribution is 5.93. The second-order valence-electron chi connectivity index (χ2n) is 3.41. The van der Waals surface area contributed by atoms with E-state index in [1.54, 1.807) is 6.92 Å². The number of carbonyl (C=O) groups excluding carboxylic acids is 2. The van der Waals surface area contributed by atoms with Gasteiger partial charge in [-0.2, -0.15) is 0 Å². The van der Waals surface area contributed by atoms with Crippen molar-refractivity contribution in [3.05, 3.63) is 18.0 Å². The van der Waals surface area contributed by atoms with E-state index in [1.165, 1.54) is 17.2 Å². The highest BCUT2D eigenvalue weighted by atomic mass is 16.5. The molecule has 1 heterocycles. The lowest BCUT2D eigenvalue weighted by atomic mass is 10.3. The van der Waals surface area contributed by atoms with Crippen molar-refractivity contribution in [1.29, 1.82) is 0 Å². The number of esters is 1. The van der Waals surface area contributed by atoms with Gasteiger partial charge in [0.05, 0.1) is 12.8 Å². The highest BCUT2D eigenvalue weighted by Gasteiger charge is 2.21. The van der Waals surface area contributed by atoms with E-state index < -0.39 is 5.97 Å². The molecule has 0 aliphatic heterocycles. The van der Waals surface area contributed by atoms with E-state index in [0.29, 0.717) is 13.2 Å². The molecule has 0 aromatic carbocycles. The van der Waals surface area contributed by atoms with Crippen LogP contribution in [0.1, 0.15) is 30.8 Å². The van der Waals surface area contributed by atoms with Crippen molar-refractivity contribution < 1.29 is 18.8 Å². The Bertz CT molecular complexity index is 362. The molecule has 1 aromatic rings. The smallest absolute Gasteiger partial charge is 0.325 e. The molecule has 0 aliphatic carbocycles. The van der Waals surface area contributed by atoms with Crippen LogP contribution in [0.5, 0.6) is 0 Å². The van der Waals surface area contributed by atoms with Crippen molar-refractivity contribution in [3.8, 4) is 0 Å². The predicted octanol–water partition coefficient (Wildman–Crippen LogP) is 1.09. The molecule has 94 valence electrons. The lowest BCUT2D eigenvalue weighted by Crippen LogP contribution is -2.36. The summed E-state index contributed by atoms with van der Waals surface area (Å²) in [6, 6.07) is 1.47.